The summed E-state index contributed by atoms with van der Waals surface area (Å²) < 4.78 is 1.49. The second-order valence-electron chi connectivity index (χ2n) is 14.6. The highest BCUT2D eigenvalue weighted by Gasteiger charge is 2.22. The van der Waals surface area contributed by atoms with Gasteiger partial charge in [-0.3, -0.25) is 14.4 Å². The van der Waals surface area contributed by atoms with E-state index in [9.17, 15) is 14.4 Å². The molecule has 0 aromatic heterocycles. The largest absolute Gasteiger partial charge is 0.307 e. The molecule has 3 aromatic carbocycles. The summed E-state index contributed by atoms with van der Waals surface area (Å²) in [6.45, 7) is 30.9. The van der Waals surface area contributed by atoms with Gasteiger partial charge in [-0.2, -0.15) is 5.26 Å². The molecule has 0 radical (unpaired) electrons. The molecule has 0 unspecified atom stereocenters. The van der Waals surface area contributed by atoms with Gasteiger partial charge in [0, 0.05) is 33.7 Å². The van der Waals surface area contributed by atoms with E-state index in [1.54, 1.807) is 12.1 Å². The minimum atomic E-state index is -1.40. The number of hydrogen-bond donors (Lipinski definition) is 1. The molecule has 0 bridgehead atoms. The predicted octanol–water partition coefficient (Wildman–Crippen LogP) is 11.2. The number of nitriles is 1. The van der Waals surface area contributed by atoms with Gasteiger partial charge in [0.1, 0.15) is 33.0 Å². The van der Waals surface area contributed by atoms with E-state index in [1.807, 2.05) is 68.5 Å². The smallest absolute Gasteiger partial charge is 0.263 e. The summed E-state index contributed by atoms with van der Waals surface area (Å²) >= 11 is 9.62. The highest BCUT2D eigenvalue weighted by molar-refractivity contribution is 9.10. The first-order chi connectivity index (χ1) is 26.2. The van der Waals surface area contributed by atoms with Gasteiger partial charge < -0.3 is 10.2 Å². The number of benzene rings is 3. The summed E-state index contributed by atoms with van der Waals surface area (Å²) in [5.41, 5.74) is 14.5. The van der Waals surface area contributed by atoms with E-state index in [4.69, 9.17) is 17.5 Å². The Labute approximate surface area is 357 Å². The first-order valence-corrected chi connectivity index (χ1v) is 27.4. The number of amides is 1. The molecule has 298 valence electrons. The van der Waals surface area contributed by atoms with Crippen molar-refractivity contribution in [1.82, 2.24) is 10.2 Å². The quantitative estimate of drug-likeness (QED) is 0.0867. The molecular weight excluding hydrogens is 831 g/mol. The molecule has 0 saturated carbocycles. The van der Waals surface area contributed by atoms with Crippen LogP contribution in [0.5, 0.6) is 0 Å². The summed E-state index contributed by atoms with van der Waals surface area (Å²) in [5.74, 6) is 6.34. The van der Waals surface area contributed by atoms with Crippen LogP contribution >= 0.6 is 39.9 Å². The fourth-order valence-corrected chi connectivity index (χ4v) is 6.61. The van der Waals surface area contributed by atoms with E-state index >= 15 is 0 Å². The van der Waals surface area contributed by atoms with Crippen LogP contribution in [0.15, 0.2) is 64.0 Å². The summed E-state index contributed by atoms with van der Waals surface area (Å²) in [7, 11) is -2.74. The van der Waals surface area contributed by atoms with E-state index in [1.165, 1.54) is 38.3 Å². The summed E-state index contributed by atoms with van der Waals surface area (Å²) in [4.78, 5) is 35.6. The monoisotopic (exact) mass is 887 g/mol. The number of hydrogen-bond acceptors (Lipinski definition) is 7. The van der Waals surface area contributed by atoms with Crippen molar-refractivity contribution >= 4 is 84.9 Å². The molecule has 0 spiro atoms. The van der Waals surface area contributed by atoms with E-state index in [2.05, 4.69) is 116 Å². The maximum absolute atomic E-state index is 11.7. The van der Waals surface area contributed by atoms with Crippen molar-refractivity contribution in [1.29, 1.82) is 5.26 Å². The van der Waals surface area contributed by atoms with Crippen LogP contribution in [0, 0.1) is 55.0 Å². The van der Waals surface area contributed by atoms with E-state index in [-0.39, 0.29) is 5.91 Å². The Balaban J connectivity index is 0.000000755. The molecule has 1 saturated heterocycles. The molecule has 4 rings (SSSR count). The minimum absolute atomic E-state index is 0.125. The molecule has 3 aromatic rings. The van der Waals surface area contributed by atoms with Crippen LogP contribution in [0.4, 0.5) is 0 Å². The molecule has 1 aliphatic rings. The highest BCUT2D eigenvalue weighted by atomic mass is 79.9. The Morgan fingerprint density at radius 3 is 1.48 bits per heavy atom. The van der Waals surface area contributed by atoms with Gasteiger partial charge in [0.05, 0.1) is 11.0 Å². The maximum atomic E-state index is 11.7. The molecule has 0 atom stereocenters. The summed E-state index contributed by atoms with van der Waals surface area (Å²) in [6, 6.07) is 19.0. The van der Waals surface area contributed by atoms with Crippen LogP contribution in [-0.2, 0) is 4.79 Å². The van der Waals surface area contributed by atoms with Gasteiger partial charge in [0.25, 0.3) is 5.91 Å². The lowest BCUT2D eigenvalue weighted by molar-refractivity contribution is -0.115. The second-order valence-corrected chi connectivity index (χ2v) is 26.7. The van der Waals surface area contributed by atoms with Crippen LogP contribution in [-0.4, -0.2) is 63.5 Å². The third kappa shape index (κ3) is 22.6. The molecular formula is C45H58BrN3O3S2Si2. The number of aldehydes is 2. The second kappa shape index (κ2) is 26.9. The molecule has 0 aliphatic carbocycles. The van der Waals surface area contributed by atoms with Crippen molar-refractivity contribution in [3.8, 4) is 29.0 Å². The number of carbonyl (C=O) groups is 3. The molecule has 56 heavy (non-hydrogen) atoms. The number of halogens is 1. The number of rotatable bonds is 6. The Kier molecular flexibility index (Phi) is 25.0. The third-order valence-electron chi connectivity index (χ3n) is 7.42. The Morgan fingerprint density at radius 2 is 1.14 bits per heavy atom. The van der Waals surface area contributed by atoms with E-state index < -0.39 is 16.1 Å². The predicted molar refractivity (Wildman–Crippen MR) is 254 cm³/mol. The standard InChI is InChI=1S/C16H17NOS2Si.C13H16OSi.C8H7BrO.C6H15N.C2H3N/c1-11-5-6-12(9-13(11)7-8-21(2,3)4)10-14-15(18)17-16(19)20-14;1-11-5-6-12(10-14)9-13(11)7-8-15(2,3)4;1-6-2-3-7(5-10)4-8(6)9;1-4-7(5-2)6-3;1-2-3/h5-6,9-10H,1-4H3,(H,17,18,19);5-6,9-10H,1-4H3;2-5H,1H3;4-6H2,1-3H3;1H3/b14-10-;;;;. The zero-order valence-corrected chi connectivity index (χ0v) is 40.6. The van der Waals surface area contributed by atoms with Crippen LogP contribution in [0.3, 0.4) is 0 Å². The highest BCUT2D eigenvalue weighted by Crippen LogP contribution is 2.26. The first-order valence-electron chi connectivity index (χ1n) is 18.4. The van der Waals surface area contributed by atoms with Gasteiger partial charge in [-0.15, -0.1) is 11.1 Å². The molecule has 6 nitrogen and oxygen atoms in total. The van der Waals surface area contributed by atoms with Gasteiger partial charge in [-0.25, -0.2) is 0 Å². The van der Waals surface area contributed by atoms with Crippen LogP contribution in [0.25, 0.3) is 6.08 Å². The van der Waals surface area contributed by atoms with Crippen LogP contribution in [0.2, 0.25) is 39.3 Å². The summed E-state index contributed by atoms with van der Waals surface area (Å²) in [6.07, 6.45) is 3.56. The number of carbonyl (C=O) groups excluding carboxylic acids is 3. The fraction of sp³-hybridized carbons (Fsp3) is 0.356. The van der Waals surface area contributed by atoms with Gasteiger partial charge >= 0.3 is 0 Å². The van der Waals surface area contributed by atoms with Gasteiger partial charge in [0.15, 0.2) is 0 Å². The Hall–Kier alpha value is -3.87. The topological polar surface area (TPSA) is 90.3 Å². The minimum Gasteiger partial charge on any atom is -0.307 e. The summed E-state index contributed by atoms with van der Waals surface area (Å²) in [5, 5.41) is 9.94. The average molecular weight is 889 g/mol. The van der Waals surface area contributed by atoms with Crippen LogP contribution in [0.1, 0.15) is 81.8 Å². The number of aryl methyl sites for hydroxylation is 3. The molecule has 1 N–H and O–H groups in total. The Bertz CT molecular complexity index is 2000. The molecule has 1 fully saturated rings. The van der Waals surface area contributed by atoms with Crippen molar-refractivity contribution in [3.63, 3.8) is 0 Å². The van der Waals surface area contributed by atoms with Gasteiger partial charge in [-0.1, -0.05) is 148 Å². The zero-order chi connectivity index (χ0) is 43.1. The number of thioether (sulfide) groups is 1. The van der Waals surface area contributed by atoms with Crippen LogP contribution < -0.4 is 5.32 Å². The maximum Gasteiger partial charge on any atom is 0.263 e. The molecule has 1 amide bonds. The Morgan fingerprint density at radius 1 is 0.750 bits per heavy atom. The average Bonchev–Trinajstić information content (AvgIpc) is 3.45. The van der Waals surface area contributed by atoms with Gasteiger partial charge in [-0.05, 0) is 86.9 Å². The SMILES string of the molecule is CC#N.CCN(CC)CC.Cc1ccc(/C=C2\SC(=S)NC2=O)cc1C#C[Si](C)(C)C.Cc1ccc(C=O)cc1Br.Cc1ccc(C=O)cc1C#C[Si](C)(C)C. The van der Waals surface area contributed by atoms with Crippen molar-refractivity contribution in [2.75, 3.05) is 19.6 Å². The zero-order valence-electron chi connectivity index (χ0n) is 35.4. The molecule has 11 heteroatoms. The van der Waals surface area contributed by atoms with Crippen molar-refractivity contribution in [3.05, 3.63) is 108 Å². The lowest BCUT2D eigenvalue weighted by atomic mass is 10.1. The lowest BCUT2D eigenvalue weighted by Crippen LogP contribution is -2.21. The first kappa shape index (κ1) is 52.1. The molecule has 1 aliphatic heterocycles. The van der Waals surface area contributed by atoms with E-state index in [0.29, 0.717) is 20.4 Å². The fourth-order valence-electron chi connectivity index (χ4n) is 4.15. The van der Waals surface area contributed by atoms with Crippen molar-refractivity contribution in [2.45, 2.75) is 87.7 Å². The van der Waals surface area contributed by atoms with E-state index in [0.717, 1.165) is 50.4 Å². The van der Waals surface area contributed by atoms with Crippen molar-refractivity contribution < 1.29 is 14.4 Å². The van der Waals surface area contributed by atoms with Gasteiger partial charge in [0.2, 0.25) is 0 Å². The third-order valence-corrected chi connectivity index (χ3v) is 11.2. The van der Waals surface area contributed by atoms with Crippen molar-refractivity contribution in [2.24, 2.45) is 0 Å². The molecule has 1 heterocycles. The number of nitrogens with zero attached hydrogens (tertiary/aromatic N) is 2. The normalized spacial score (nSPS) is 12.1. The lowest BCUT2D eigenvalue weighted by Gasteiger charge is -2.13. The number of thiocarbonyl (C=S) groups is 1. The number of nitrogens with one attached hydrogen (secondary N) is 1.